The third-order valence-electron chi connectivity index (χ3n) is 5.29. The van der Waals surface area contributed by atoms with E-state index >= 15 is 0 Å². The van der Waals surface area contributed by atoms with Gasteiger partial charge in [-0.2, -0.15) is 5.10 Å². The van der Waals surface area contributed by atoms with Gasteiger partial charge < -0.3 is 9.80 Å². The monoisotopic (exact) mass is 410 g/mol. The normalized spacial score (nSPS) is 17.3. The zero-order valence-electron chi connectivity index (χ0n) is 16.1. The molecule has 7 heteroatoms. The fourth-order valence-electron chi connectivity index (χ4n) is 3.68. The number of hydrazone groups is 1. The van der Waals surface area contributed by atoms with Crippen LogP contribution in [0.5, 0.6) is 0 Å². The lowest BCUT2D eigenvalue weighted by molar-refractivity contribution is -0.132. The summed E-state index contributed by atoms with van der Waals surface area (Å²) in [6.07, 6.45) is 0.713. The van der Waals surface area contributed by atoms with Crippen molar-refractivity contribution in [3.63, 3.8) is 0 Å². The third kappa shape index (κ3) is 4.43. The van der Waals surface area contributed by atoms with E-state index in [9.17, 15) is 9.59 Å². The van der Waals surface area contributed by atoms with Gasteiger partial charge in [0.05, 0.1) is 17.3 Å². The van der Waals surface area contributed by atoms with Crippen molar-refractivity contribution >= 4 is 34.8 Å². The predicted octanol–water partition coefficient (Wildman–Crippen LogP) is 3.17. The molecule has 0 atom stereocenters. The fraction of sp³-hybridized carbons (Fsp3) is 0.318. The van der Waals surface area contributed by atoms with Gasteiger partial charge in [-0.15, -0.1) is 0 Å². The van der Waals surface area contributed by atoms with Crippen molar-refractivity contribution in [3.8, 4) is 0 Å². The van der Waals surface area contributed by atoms with Gasteiger partial charge in [0.1, 0.15) is 5.71 Å². The molecule has 29 heavy (non-hydrogen) atoms. The fourth-order valence-corrected chi connectivity index (χ4v) is 3.93. The first-order valence-electron chi connectivity index (χ1n) is 9.82. The number of piperazine rings is 1. The van der Waals surface area contributed by atoms with E-state index in [2.05, 4.69) is 10.0 Å². The van der Waals surface area contributed by atoms with Crippen LogP contribution in [0.4, 0.5) is 5.69 Å². The Morgan fingerprint density at radius 2 is 1.62 bits per heavy atom. The van der Waals surface area contributed by atoms with E-state index in [1.165, 1.54) is 5.01 Å². The summed E-state index contributed by atoms with van der Waals surface area (Å²) in [4.78, 5) is 29.2. The Hall–Kier alpha value is -2.86. The smallest absolute Gasteiger partial charge is 0.270 e. The van der Waals surface area contributed by atoms with Gasteiger partial charge in [-0.25, -0.2) is 5.01 Å². The molecule has 0 unspecified atom stereocenters. The molecule has 0 N–H and O–H groups in total. The van der Waals surface area contributed by atoms with E-state index < -0.39 is 0 Å². The maximum atomic E-state index is 13.0. The van der Waals surface area contributed by atoms with E-state index in [1.54, 1.807) is 0 Å². The molecule has 1 saturated heterocycles. The summed E-state index contributed by atoms with van der Waals surface area (Å²) in [6, 6.07) is 17.4. The van der Waals surface area contributed by atoms with Crippen molar-refractivity contribution < 1.29 is 9.59 Å². The molecule has 1 fully saturated rings. The average molecular weight is 411 g/mol. The number of nitrogens with zero attached hydrogens (tertiary/aromatic N) is 4. The molecule has 0 saturated carbocycles. The largest absolute Gasteiger partial charge is 0.367 e. The number of hydrogen-bond acceptors (Lipinski definition) is 4. The average Bonchev–Trinajstić information content (AvgIpc) is 2.76. The van der Waals surface area contributed by atoms with Crippen LogP contribution >= 0.6 is 11.6 Å². The first-order valence-corrected chi connectivity index (χ1v) is 10.2. The first-order chi connectivity index (χ1) is 14.1. The highest BCUT2D eigenvalue weighted by atomic mass is 35.5. The lowest BCUT2D eigenvalue weighted by atomic mass is 10.1. The Morgan fingerprint density at radius 3 is 2.34 bits per heavy atom. The number of amides is 2. The third-order valence-corrected chi connectivity index (χ3v) is 5.61. The van der Waals surface area contributed by atoms with Gasteiger partial charge in [0.15, 0.2) is 0 Å². The molecular formula is C22H23ClN4O2. The van der Waals surface area contributed by atoms with Gasteiger partial charge in [0.25, 0.3) is 5.91 Å². The second kappa shape index (κ2) is 8.66. The summed E-state index contributed by atoms with van der Waals surface area (Å²) in [5.41, 5.74) is 2.45. The maximum absolute atomic E-state index is 13.0. The SMILES string of the molecule is O=C(C1=NN(Cc2ccccc2)C(=O)CC1)N1CCN(c2ccccc2Cl)CC1. The number of carbonyl (C=O) groups excluding carboxylic acids is 2. The van der Waals surface area contributed by atoms with Crippen molar-refractivity contribution in [2.24, 2.45) is 5.10 Å². The maximum Gasteiger partial charge on any atom is 0.270 e. The Labute approximate surface area is 175 Å². The summed E-state index contributed by atoms with van der Waals surface area (Å²) in [7, 11) is 0. The molecule has 0 bridgehead atoms. The van der Waals surface area contributed by atoms with Crippen LogP contribution in [0.1, 0.15) is 18.4 Å². The molecule has 2 aliphatic rings. The molecular weight excluding hydrogens is 388 g/mol. The summed E-state index contributed by atoms with van der Waals surface area (Å²) >= 11 is 6.30. The van der Waals surface area contributed by atoms with Crippen LogP contribution in [0, 0.1) is 0 Å². The standard InChI is InChI=1S/C22H23ClN4O2/c23-18-8-4-5-9-20(18)25-12-14-26(15-13-25)22(29)19-10-11-21(28)27(24-19)16-17-6-2-1-3-7-17/h1-9H,10-16H2. The van der Waals surface area contributed by atoms with Crippen LogP contribution < -0.4 is 4.90 Å². The Bertz CT molecular complexity index is 923. The van der Waals surface area contributed by atoms with Gasteiger partial charge in [0, 0.05) is 39.0 Å². The van der Waals surface area contributed by atoms with Gasteiger partial charge in [-0.1, -0.05) is 54.1 Å². The van der Waals surface area contributed by atoms with Gasteiger partial charge in [-0.3, -0.25) is 9.59 Å². The molecule has 2 aliphatic heterocycles. The van der Waals surface area contributed by atoms with Crippen molar-refractivity contribution in [2.45, 2.75) is 19.4 Å². The molecule has 2 aromatic rings. The Balaban J connectivity index is 1.41. The molecule has 0 radical (unpaired) electrons. The minimum absolute atomic E-state index is 0.0473. The molecule has 6 nitrogen and oxygen atoms in total. The number of para-hydroxylation sites is 1. The number of hydrogen-bond donors (Lipinski definition) is 0. The number of anilines is 1. The van der Waals surface area contributed by atoms with E-state index in [1.807, 2.05) is 59.5 Å². The summed E-state index contributed by atoms with van der Waals surface area (Å²) in [5, 5.41) is 6.54. The van der Waals surface area contributed by atoms with Crippen molar-refractivity contribution in [3.05, 3.63) is 65.2 Å². The van der Waals surface area contributed by atoms with Gasteiger partial charge in [0.2, 0.25) is 5.91 Å². The zero-order valence-corrected chi connectivity index (χ0v) is 16.9. The zero-order chi connectivity index (χ0) is 20.2. The molecule has 0 aliphatic carbocycles. The highest BCUT2D eigenvalue weighted by Crippen LogP contribution is 2.26. The van der Waals surface area contributed by atoms with E-state index in [0.717, 1.165) is 29.4 Å². The number of benzene rings is 2. The highest BCUT2D eigenvalue weighted by Gasteiger charge is 2.29. The van der Waals surface area contributed by atoms with E-state index in [0.29, 0.717) is 38.2 Å². The van der Waals surface area contributed by atoms with Gasteiger partial charge >= 0.3 is 0 Å². The molecule has 150 valence electrons. The van der Waals surface area contributed by atoms with Crippen LogP contribution in [0.2, 0.25) is 5.02 Å². The van der Waals surface area contributed by atoms with Crippen LogP contribution in [0.3, 0.4) is 0 Å². The summed E-state index contributed by atoms with van der Waals surface area (Å²) in [6.45, 7) is 3.03. The summed E-state index contributed by atoms with van der Waals surface area (Å²) < 4.78 is 0. The summed E-state index contributed by atoms with van der Waals surface area (Å²) in [5.74, 6) is -0.122. The second-order valence-corrected chi connectivity index (χ2v) is 7.62. The molecule has 2 heterocycles. The lowest BCUT2D eigenvalue weighted by Gasteiger charge is -2.37. The van der Waals surface area contributed by atoms with Crippen molar-refractivity contribution in [1.29, 1.82) is 0 Å². The van der Waals surface area contributed by atoms with Crippen molar-refractivity contribution in [2.75, 3.05) is 31.1 Å². The Morgan fingerprint density at radius 1 is 0.931 bits per heavy atom. The van der Waals surface area contributed by atoms with Crippen molar-refractivity contribution in [1.82, 2.24) is 9.91 Å². The highest BCUT2D eigenvalue weighted by molar-refractivity contribution is 6.39. The quantitative estimate of drug-likeness (QED) is 0.777. The van der Waals surface area contributed by atoms with Crippen LogP contribution in [-0.2, 0) is 16.1 Å². The molecule has 0 spiro atoms. The number of rotatable bonds is 4. The molecule has 0 aromatic heterocycles. The van der Waals surface area contributed by atoms with Crippen LogP contribution in [-0.4, -0.2) is 53.6 Å². The van der Waals surface area contributed by atoms with E-state index in [4.69, 9.17) is 11.6 Å². The number of carbonyl (C=O) groups is 2. The minimum Gasteiger partial charge on any atom is -0.367 e. The van der Waals surface area contributed by atoms with Crippen LogP contribution in [0.15, 0.2) is 59.7 Å². The minimum atomic E-state index is -0.0747. The lowest BCUT2D eigenvalue weighted by Crippen LogP contribution is -2.51. The van der Waals surface area contributed by atoms with Gasteiger partial charge in [-0.05, 0) is 17.7 Å². The first kappa shape index (κ1) is 19.5. The molecule has 2 aromatic carbocycles. The topological polar surface area (TPSA) is 56.2 Å². The predicted molar refractivity (Wildman–Crippen MR) is 114 cm³/mol. The number of halogens is 1. The van der Waals surface area contributed by atoms with Crippen LogP contribution in [0.25, 0.3) is 0 Å². The Kier molecular flexibility index (Phi) is 5.81. The molecule has 4 rings (SSSR count). The second-order valence-electron chi connectivity index (χ2n) is 7.21. The van der Waals surface area contributed by atoms with E-state index in [-0.39, 0.29) is 11.8 Å². The molecule has 2 amide bonds.